The lowest BCUT2D eigenvalue weighted by molar-refractivity contribution is 0.305. The third-order valence-corrected chi connectivity index (χ3v) is 6.12. The van der Waals surface area contributed by atoms with E-state index >= 15 is 0 Å². The summed E-state index contributed by atoms with van der Waals surface area (Å²) in [4.78, 5) is 3.83. The molecule has 0 aromatic carbocycles. The molecule has 0 saturated carbocycles. The maximum absolute atomic E-state index is 4.35. The van der Waals surface area contributed by atoms with E-state index in [1.165, 1.54) is 30.7 Å². The first-order chi connectivity index (χ1) is 10.2. The van der Waals surface area contributed by atoms with E-state index in [0.29, 0.717) is 0 Å². The summed E-state index contributed by atoms with van der Waals surface area (Å²) in [5.41, 5.74) is 0. The van der Waals surface area contributed by atoms with Crippen molar-refractivity contribution >= 4 is 23.1 Å². The van der Waals surface area contributed by atoms with Gasteiger partial charge in [0.2, 0.25) is 0 Å². The Bertz CT molecular complexity index is 564. The van der Waals surface area contributed by atoms with Crippen LogP contribution in [0, 0.1) is 0 Å². The first-order valence-electron chi connectivity index (χ1n) is 7.47. The fourth-order valence-corrected chi connectivity index (χ4v) is 4.50. The molecule has 0 radical (unpaired) electrons. The molecule has 1 aliphatic rings. The van der Waals surface area contributed by atoms with Crippen LogP contribution in [0.15, 0.2) is 22.7 Å². The Hall–Kier alpha value is -0.850. The molecule has 1 unspecified atom stereocenters. The van der Waals surface area contributed by atoms with Gasteiger partial charge in [-0.05, 0) is 44.3 Å². The van der Waals surface area contributed by atoms with Crippen molar-refractivity contribution in [2.24, 2.45) is 7.05 Å². The van der Waals surface area contributed by atoms with E-state index in [2.05, 4.69) is 51.3 Å². The van der Waals surface area contributed by atoms with Crippen LogP contribution in [0.2, 0.25) is 0 Å². The average Bonchev–Trinajstić information content (AvgIpc) is 3.18. The Kier molecular flexibility index (Phi) is 4.98. The van der Waals surface area contributed by atoms with Crippen LogP contribution in [-0.4, -0.2) is 45.1 Å². The SMILES string of the molecule is CN1CCCC1CCSc1nnc(Cc2cccs2)n1C. The molecule has 0 aliphatic carbocycles. The van der Waals surface area contributed by atoms with Gasteiger partial charge in [-0.25, -0.2) is 0 Å². The van der Waals surface area contributed by atoms with E-state index in [1.54, 1.807) is 11.3 Å². The van der Waals surface area contributed by atoms with Crippen LogP contribution in [-0.2, 0) is 13.5 Å². The lowest BCUT2D eigenvalue weighted by atomic mass is 10.2. The zero-order chi connectivity index (χ0) is 14.7. The molecule has 1 atom stereocenters. The second kappa shape index (κ2) is 6.94. The highest BCUT2D eigenvalue weighted by Crippen LogP contribution is 2.23. The highest BCUT2D eigenvalue weighted by Gasteiger charge is 2.20. The summed E-state index contributed by atoms with van der Waals surface area (Å²) in [6.07, 6.45) is 4.82. The minimum atomic E-state index is 0.760. The number of aromatic nitrogens is 3. The molecule has 2 aromatic heterocycles. The minimum absolute atomic E-state index is 0.760. The standard InChI is InChI=1S/C15H22N4S2/c1-18-8-3-5-12(18)7-10-21-15-17-16-14(19(15)2)11-13-6-4-9-20-13/h4,6,9,12H,3,5,7-8,10-11H2,1-2H3. The Balaban J connectivity index is 1.53. The van der Waals surface area contributed by atoms with Crippen LogP contribution in [0.25, 0.3) is 0 Å². The number of hydrogen-bond acceptors (Lipinski definition) is 5. The van der Waals surface area contributed by atoms with Crippen molar-refractivity contribution in [3.8, 4) is 0 Å². The molecule has 2 aromatic rings. The molecule has 3 heterocycles. The van der Waals surface area contributed by atoms with Crippen molar-refractivity contribution in [2.45, 2.75) is 36.9 Å². The fraction of sp³-hybridized carbons (Fsp3) is 0.600. The first kappa shape index (κ1) is 15.1. The highest BCUT2D eigenvalue weighted by atomic mass is 32.2. The lowest BCUT2D eigenvalue weighted by Gasteiger charge is -2.18. The topological polar surface area (TPSA) is 34.0 Å². The van der Waals surface area contributed by atoms with Gasteiger partial charge >= 0.3 is 0 Å². The van der Waals surface area contributed by atoms with Gasteiger partial charge in [0.25, 0.3) is 0 Å². The molecule has 114 valence electrons. The van der Waals surface area contributed by atoms with Crippen LogP contribution in [0.1, 0.15) is 30.0 Å². The number of likely N-dealkylation sites (tertiary alicyclic amines) is 1. The van der Waals surface area contributed by atoms with E-state index < -0.39 is 0 Å². The van der Waals surface area contributed by atoms with Crippen molar-refractivity contribution < 1.29 is 0 Å². The maximum Gasteiger partial charge on any atom is 0.190 e. The van der Waals surface area contributed by atoms with E-state index in [0.717, 1.165) is 29.2 Å². The Morgan fingerprint density at radius 3 is 3.00 bits per heavy atom. The second-order valence-corrected chi connectivity index (χ2v) is 7.72. The summed E-state index contributed by atoms with van der Waals surface area (Å²) in [7, 11) is 4.32. The van der Waals surface area contributed by atoms with Gasteiger partial charge in [0, 0.05) is 30.1 Å². The van der Waals surface area contributed by atoms with Crippen LogP contribution in [0.4, 0.5) is 0 Å². The molecule has 0 amide bonds. The van der Waals surface area contributed by atoms with Crippen LogP contribution < -0.4 is 0 Å². The molecule has 3 rings (SSSR count). The Morgan fingerprint density at radius 2 is 2.29 bits per heavy atom. The average molecular weight is 323 g/mol. The number of rotatable bonds is 6. The smallest absolute Gasteiger partial charge is 0.190 e. The molecule has 0 bridgehead atoms. The van der Waals surface area contributed by atoms with Gasteiger partial charge in [-0.3, -0.25) is 0 Å². The summed E-state index contributed by atoms with van der Waals surface area (Å²) in [6, 6.07) is 5.00. The van der Waals surface area contributed by atoms with E-state index in [9.17, 15) is 0 Å². The summed E-state index contributed by atoms with van der Waals surface area (Å²) in [5, 5.41) is 11.8. The monoisotopic (exact) mass is 322 g/mol. The van der Waals surface area contributed by atoms with Crippen molar-refractivity contribution in [2.75, 3.05) is 19.3 Å². The summed E-state index contributed by atoms with van der Waals surface area (Å²) in [5.74, 6) is 2.18. The van der Waals surface area contributed by atoms with Gasteiger partial charge in [0.15, 0.2) is 5.16 Å². The van der Waals surface area contributed by atoms with Gasteiger partial charge in [-0.15, -0.1) is 21.5 Å². The van der Waals surface area contributed by atoms with Gasteiger partial charge < -0.3 is 9.47 Å². The molecule has 0 spiro atoms. The van der Waals surface area contributed by atoms with Crippen molar-refractivity contribution in [1.29, 1.82) is 0 Å². The predicted molar refractivity (Wildman–Crippen MR) is 89.1 cm³/mol. The lowest BCUT2D eigenvalue weighted by Crippen LogP contribution is -2.25. The number of nitrogens with zero attached hydrogens (tertiary/aromatic N) is 4. The molecule has 6 heteroatoms. The van der Waals surface area contributed by atoms with E-state index in [1.807, 2.05) is 11.8 Å². The quantitative estimate of drug-likeness (QED) is 0.766. The summed E-state index contributed by atoms with van der Waals surface area (Å²) in [6.45, 7) is 1.25. The molecule has 1 aliphatic heterocycles. The zero-order valence-corrected chi connectivity index (χ0v) is 14.3. The number of hydrogen-bond donors (Lipinski definition) is 0. The number of thioether (sulfide) groups is 1. The Morgan fingerprint density at radius 1 is 1.38 bits per heavy atom. The Labute approximate surface area is 134 Å². The normalized spacial score (nSPS) is 19.4. The molecular weight excluding hydrogens is 300 g/mol. The van der Waals surface area contributed by atoms with E-state index in [-0.39, 0.29) is 0 Å². The van der Waals surface area contributed by atoms with Crippen molar-refractivity contribution in [1.82, 2.24) is 19.7 Å². The maximum atomic E-state index is 4.35. The second-order valence-electron chi connectivity index (χ2n) is 5.63. The van der Waals surface area contributed by atoms with Gasteiger partial charge in [0.1, 0.15) is 5.82 Å². The number of thiophene rings is 1. The van der Waals surface area contributed by atoms with Gasteiger partial charge in [-0.2, -0.15) is 0 Å². The minimum Gasteiger partial charge on any atom is -0.309 e. The predicted octanol–water partition coefficient (Wildman–Crippen LogP) is 3.04. The van der Waals surface area contributed by atoms with Crippen LogP contribution in [0.5, 0.6) is 0 Å². The molecule has 1 fully saturated rings. The molecular formula is C15H22N4S2. The third kappa shape index (κ3) is 3.67. The largest absolute Gasteiger partial charge is 0.309 e. The molecule has 4 nitrogen and oxygen atoms in total. The van der Waals surface area contributed by atoms with E-state index in [4.69, 9.17) is 0 Å². The van der Waals surface area contributed by atoms with Gasteiger partial charge in [0.05, 0.1) is 0 Å². The summed E-state index contributed by atoms with van der Waals surface area (Å²) < 4.78 is 2.14. The molecule has 1 saturated heterocycles. The van der Waals surface area contributed by atoms with Crippen molar-refractivity contribution in [3.05, 3.63) is 28.2 Å². The van der Waals surface area contributed by atoms with Crippen molar-refractivity contribution in [3.63, 3.8) is 0 Å². The zero-order valence-electron chi connectivity index (χ0n) is 12.7. The fourth-order valence-electron chi connectivity index (χ4n) is 2.82. The van der Waals surface area contributed by atoms with Crippen LogP contribution >= 0.6 is 23.1 Å². The molecule has 21 heavy (non-hydrogen) atoms. The molecule has 0 N–H and O–H groups in total. The van der Waals surface area contributed by atoms with Crippen LogP contribution in [0.3, 0.4) is 0 Å². The third-order valence-electron chi connectivity index (χ3n) is 4.19. The summed E-state index contributed by atoms with van der Waals surface area (Å²) >= 11 is 3.61. The van der Waals surface area contributed by atoms with Gasteiger partial charge in [-0.1, -0.05) is 17.8 Å². The first-order valence-corrected chi connectivity index (χ1v) is 9.34. The highest BCUT2D eigenvalue weighted by molar-refractivity contribution is 7.99.